The molecule has 0 unspecified atom stereocenters. The molecule has 0 atom stereocenters. The summed E-state index contributed by atoms with van der Waals surface area (Å²) in [4.78, 5) is 42.4. The van der Waals surface area contributed by atoms with Gasteiger partial charge in [0.1, 0.15) is 5.57 Å². The van der Waals surface area contributed by atoms with Gasteiger partial charge in [0.25, 0.3) is 11.8 Å². The van der Waals surface area contributed by atoms with E-state index in [0.29, 0.717) is 5.69 Å². The molecule has 2 fully saturated rings. The predicted molar refractivity (Wildman–Crippen MR) is 108 cm³/mol. The number of hydrogen-bond acceptors (Lipinski definition) is 4. The Morgan fingerprint density at radius 2 is 1.43 bits per heavy atom. The predicted octanol–water partition coefficient (Wildman–Crippen LogP) is 3.30. The van der Waals surface area contributed by atoms with Gasteiger partial charge in [-0.3, -0.25) is 14.5 Å². The molecule has 2 saturated heterocycles. The molecule has 0 saturated carbocycles. The van der Waals surface area contributed by atoms with Crippen LogP contribution in [0.5, 0.6) is 0 Å². The van der Waals surface area contributed by atoms with E-state index in [1.807, 2.05) is 24.3 Å². The highest BCUT2D eigenvalue weighted by molar-refractivity contribution is 6.39. The molecule has 0 aliphatic carbocycles. The summed E-state index contributed by atoms with van der Waals surface area (Å²) < 4.78 is 0. The van der Waals surface area contributed by atoms with Crippen LogP contribution < -0.4 is 9.80 Å². The van der Waals surface area contributed by atoms with Crippen molar-refractivity contribution in [1.29, 1.82) is 0 Å². The molecule has 2 aromatic carbocycles. The summed E-state index contributed by atoms with van der Waals surface area (Å²) in [5, 5.41) is 0. The minimum Gasteiger partial charge on any atom is -0.372 e. The summed E-state index contributed by atoms with van der Waals surface area (Å²) in [6.07, 6.45) is 3.95. The Morgan fingerprint density at radius 1 is 0.786 bits per heavy atom. The number of carbonyl (C=O) groups excluding carboxylic acids is 3. The number of imide groups is 2. The molecule has 28 heavy (non-hydrogen) atoms. The van der Waals surface area contributed by atoms with E-state index in [2.05, 4.69) is 4.90 Å². The number of amides is 4. The fourth-order valence-electron chi connectivity index (χ4n) is 3.57. The second-order valence-electron chi connectivity index (χ2n) is 6.97. The van der Waals surface area contributed by atoms with Crippen LogP contribution in [0.25, 0.3) is 6.08 Å². The molecule has 142 valence electrons. The van der Waals surface area contributed by atoms with Gasteiger partial charge < -0.3 is 4.90 Å². The Balaban J connectivity index is 1.66. The number of likely N-dealkylation sites (N-methyl/N-ethyl adjacent to an activating group) is 1. The Kier molecular flexibility index (Phi) is 4.69. The highest BCUT2D eigenvalue weighted by Gasteiger charge is 2.40. The molecule has 0 N–H and O–H groups in total. The zero-order valence-corrected chi connectivity index (χ0v) is 15.7. The lowest BCUT2D eigenvalue weighted by Gasteiger charge is -2.31. The van der Waals surface area contributed by atoms with Crippen LogP contribution in [0.2, 0.25) is 0 Å². The van der Waals surface area contributed by atoms with Crippen LogP contribution in [-0.2, 0) is 9.59 Å². The van der Waals surface area contributed by atoms with E-state index in [9.17, 15) is 14.4 Å². The molecule has 2 heterocycles. The maximum Gasteiger partial charge on any atom is 0.338 e. The van der Waals surface area contributed by atoms with Gasteiger partial charge in [-0.1, -0.05) is 30.3 Å². The van der Waals surface area contributed by atoms with E-state index >= 15 is 0 Å². The molecule has 2 aliphatic heterocycles. The molecule has 6 heteroatoms. The van der Waals surface area contributed by atoms with E-state index in [1.165, 1.54) is 19.9 Å². The van der Waals surface area contributed by atoms with Gasteiger partial charge in [-0.15, -0.1) is 0 Å². The van der Waals surface area contributed by atoms with E-state index in [1.54, 1.807) is 36.4 Å². The number of rotatable bonds is 3. The van der Waals surface area contributed by atoms with Crippen molar-refractivity contribution >= 4 is 35.3 Å². The lowest BCUT2D eigenvalue weighted by molar-refractivity contribution is -0.128. The van der Waals surface area contributed by atoms with E-state index in [-0.39, 0.29) is 5.57 Å². The first-order valence-corrected chi connectivity index (χ1v) is 9.34. The number of hydrogen-bond donors (Lipinski definition) is 0. The SMILES string of the molecule is CN1C(=O)/C(=C\c2ccc(N3CCCC3)cc2)C(=O)N(c2ccccc2)C1=O. The summed E-state index contributed by atoms with van der Waals surface area (Å²) in [6, 6.07) is 15.8. The van der Waals surface area contributed by atoms with Gasteiger partial charge in [0.15, 0.2) is 0 Å². The van der Waals surface area contributed by atoms with Gasteiger partial charge in [-0.25, -0.2) is 9.69 Å². The number of nitrogens with zero attached hydrogens (tertiary/aromatic N) is 3. The van der Waals surface area contributed by atoms with Crippen LogP contribution in [0.4, 0.5) is 16.2 Å². The lowest BCUT2D eigenvalue weighted by atomic mass is 10.1. The van der Waals surface area contributed by atoms with Crippen LogP contribution in [0.3, 0.4) is 0 Å². The fraction of sp³-hybridized carbons (Fsp3) is 0.227. The fourth-order valence-corrected chi connectivity index (χ4v) is 3.57. The van der Waals surface area contributed by atoms with E-state index in [4.69, 9.17) is 0 Å². The maximum atomic E-state index is 13.0. The van der Waals surface area contributed by atoms with Crippen LogP contribution >= 0.6 is 0 Å². The van der Waals surface area contributed by atoms with E-state index in [0.717, 1.165) is 34.1 Å². The molecule has 0 radical (unpaired) electrons. The van der Waals surface area contributed by atoms with Crippen molar-refractivity contribution in [2.75, 3.05) is 29.9 Å². The number of benzene rings is 2. The van der Waals surface area contributed by atoms with Gasteiger partial charge in [0.05, 0.1) is 5.69 Å². The van der Waals surface area contributed by atoms with Crippen molar-refractivity contribution in [3.05, 3.63) is 65.7 Å². The lowest BCUT2D eigenvalue weighted by Crippen LogP contribution is -2.55. The Morgan fingerprint density at radius 3 is 2.07 bits per heavy atom. The Labute approximate surface area is 163 Å². The Bertz CT molecular complexity index is 945. The van der Waals surface area contributed by atoms with Gasteiger partial charge in [0.2, 0.25) is 0 Å². The smallest absolute Gasteiger partial charge is 0.338 e. The second-order valence-corrected chi connectivity index (χ2v) is 6.97. The Hall–Kier alpha value is -3.41. The zero-order valence-electron chi connectivity index (χ0n) is 15.7. The standard InChI is InChI=1S/C22H21N3O3/c1-23-20(26)19(21(27)25(22(23)28)18-7-3-2-4-8-18)15-16-9-11-17(12-10-16)24-13-5-6-14-24/h2-4,7-12,15H,5-6,13-14H2,1H3/b19-15+. The van der Waals surface area contributed by atoms with Gasteiger partial charge in [-0.2, -0.15) is 0 Å². The quantitative estimate of drug-likeness (QED) is 0.610. The summed E-state index contributed by atoms with van der Waals surface area (Å²) in [5.41, 5.74) is 2.29. The summed E-state index contributed by atoms with van der Waals surface area (Å²) in [6.45, 7) is 2.10. The maximum absolute atomic E-state index is 13.0. The van der Waals surface area contributed by atoms with Crippen molar-refractivity contribution in [3.8, 4) is 0 Å². The van der Waals surface area contributed by atoms with Crippen molar-refractivity contribution < 1.29 is 14.4 Å². The highest BCUT2D eigenvalue weighted by Crippen LogP contribution is 2.26. The molecular weight excluding hydrogens is 354 g/mol. The molecule has 0 aromatic heterocycles. The van der Waals surface area contributed by atoms with Gasteiger partial charge in [0, 0.05) is 25.8 Å². The molecule has 0 spiro atoms. The second kappa shape index (κ2) is 7.31. The monoisotopic (exact) mass is 375 g/mol. The number of para-hydroxylation sites is 1. The van der Waals surface area contributed by atoms with E-state index < -0.39 is 17.8 Å². The third-order valence-corrected chi connectivity index (χ3v) is 5.14. The molecule has 6 nitrogen and oxygen atoms in total. The number of urea groups is 1. The van der Waals surface area contributed by atoms with Gasteiger partial charge in [-0.05, 0) is 48.7 Å². The van der Waals surface area contributed by atoms with Crippen molar-refractivity contribution in [1.82, 2.24) is 4.90 Å². The van der Waals surface area contributed by atoms with Crippen LogP contribution in [0, 0.1) is 0 Å². The van der Waals surface area contributed by atoms with Crippen LogP contribution in [0.15, 0.2) is 60.2 Å². The number of barbiturate groups is 1. The minimum atomic E-state index is -0.650. The minimum absolute atomic E-state index is 0.0279. The molecule has 2 aliphatic rings. The van der Waals surface area contributed by atoms with Crippen LogP contribution in [0.1, 0.15) is 18.4 Å². The highest BCUT2D eigenvalue weighted by atomic mass is 16.2. The van der Waals surface area contributed by atoms with Crippen molar-refractivity contribution in [2.45, 2.75) is 12.8 Å². The summed E-state index contributed by atoms with van der Waals surface area (Å²) in [5.74, 6) is -1.20. The summed E-state index contributed by atoms with van der Waals surface area (Å²) in [7, 11) is 1.39. The average molecular weight is 375 g/mol. The number of carbonyl (C=O) groups is 3. The largest absolute Gasteiger partial charge is 0.372 e. The third-order valence-electron chi connectivity index (χ3n) is 5.14. The third kappa shape index (κ3) is 3.17. The first-order valence-electron chi connectivity index (χ1n) is 9.34. The molecule has 4 amide bonds. The average Bonchev–Trinajstić information content (AvgIpc) is 3.26. The summed E-state index contributed by atoms with van der Waals surface area (Å²) >= 11 is 0. The molecular formula is C22H21N3O3. The molecule has 0 bridgehead atoms. The zero-order chi connectivity index (χ0) is 19.7. The first kappa shape index (κ1) is 18.0. The van der Waals surface area contributed by atoms with Crippen molar-refractivity contribution in [3.63, 3.8) is 0 Å². The molecule has 2 aromatic rings. The van der Waals surface area contributed by atoms with Gasteiger partial charge >= 0.3 is 6.03 Å². The van der Waals surface area contributed by atoms with Crippen molar-refractivity contribution in [2.24, 2.45) is 0 Å². The normalized spacial score (nSPS) is 19.1. The first-order chi connectivity index (χ1) is 13.6. The van der Waals surface area contributed by atoms with Crippen LogP contribution in [-0.4, -0.2) is 42.9 Å². The molecule has 4 rings (SSSR count). The topological polar surface area (TPSA) is 60.9 Å². The number of anilines is 2.